The molecule has 2 heterocycles. The van der Waals surface area contributed by atoms with Crippen LogP contribution in [0.2, 0.25) is 5.02 Å². The van der Waals surface area contributed by atoms with Gasteiger partial charge in [0.25, 0.3) is 0 Å². The first-order chi connectivity index (χ1) is 8.65. The summed E-state index contributed by atoms with van der Waals surface area (Å²) in [5, 5.41) is 15.1. The first-order valence-corrected chi connectivity index (χ1v) is 6.81. The Bertz CT molecular complexity index is 544. The van der Waals surface area contributed by atoms with Crippen molar-refractivity contribution >= 4 is 27.5 Å². The van der Waals surface area contributed by atoms with E-state index in [1.54, 1.807) is 23.1 Å². The third-order valence-corrected chi connectivity index (χ3v) is 3.55. The Balaban J connectivity index is 2.42. The van der Waals surface area contributed by atoms with E-state index in [4.69, 9.17) is 11.6 Å². The summed E-state index contributed by atoms with van der Waals surface area (Å²) in [6.07, 6.45) is 4.94. The van der Waals surface area contributed by atoms with Gasteiger partial charge in [-0.05, 0) is 28.4 Å². The van der Waals surface area contributed by atoms with Crippen molar-refractivity contribution in [3.8, 4) is 0 Å². The molecule has 0 fully saturated rings. The van der Waals surface area contributed by atoms with Crippen molar-refractivity contribution in [2.45, 2.75) is 26.0 Å². The zero-order valence-electron chi connectivity index (χ0n) is 9.85. The summed E-state index contributed by atoms with van der Waals surface area (Å²) in [6.45, 7) is 2.81. The minimum atomic E-state index is -0.816. The van der Waals surface area contributed by atoms with Crippen LogP contribution in [0.5, 0.6) is 0 Å². The lowest BCUT2D eigenvalue weighted by atomic mass is 10.1. The van der Waals surface area contributed by atoms with Crippen molar-refractivity contribution in [3.63, 3.8) is 0 Å². The van der Waals surface area contributed by atoms with E-state index in [2.05, 4.69) is 32.9 Å². The van der Waals surface area contributed by atoms with Gasteiger partial charge in [0.1, 0.15) is 6.10 Å². The maximum atomic E-state index is 10.4. The molecule has 1 atom stereocenters. The predicted octanol–water partition coefficient (Wildman–Crippen LogP) is 3.19. The highest BCUT2D eigenvalue weighted by atomic mass is 79.9. The van der Waals surface area contributed by atoms with E-state index in [0.717, 1.165) is 17.4 Å². The molecular weight excluding hydrogens is 318 g/mol. The lowest BCUT2D eigenvalue weighted by molar-refractivity contribution is 0.206. The fourth-order valence-corrected chi connectivity index (χ4v) is 2.52. The van der Waals surface area contributed by atoms with Gasteiger partial charge in [-0.3, -0.25) is 9.67 Å². The molecule has 2 rings (SSSR count). The molecule has 0 aliphatic heterocycles. The highest BCUT2D eigenvalue weighted by Gasteiger charge is 2.21. The summed E-state index contributed by atoms with van der Waals surface area (Å²) in [6, 6.07) is 1.71. The smallest absolute Gasteiger partial charge is 0.123 e. The van der Waals surface area contributed by atoms with Gasteiger partial charge in [-0.1, -0.05) is 18.5 Å². The molecule has 0 aliphatic carbocycles. The number of hydrogen-bond donors (Lipinski definition) is 1. The van der Waals surface area contributed by atoms with Crippen LogP contribution in [0.3, 0.4) is 0 Å². The van der Waals surface area contributed by atoms with Crippen LogP contribution in [0.4, 0.5) is 0 Å². The van der Waals surface area contributed by atoms with Gasteiger partial charge in [-0.2, -0.15) is 5.10 Å². The number of rotatable bonds is 4. The van der Waals surface area contributed by atoms with Gasteiger partial charge in [0, 0.05) is 24.5 Å². The summed E-state index contributed by atoms with van der Waals surface area (Å²) in [4.78, 5) is 3.91. The molecule has 0 saturated carbocycles. The summed E-state index contributed by atoms with van der Waals surface area (Å²) >= 11 is 9.46. The molecular formula is C12H13BrClN3O. The fourth-order valence-electron chi connectivity index (χ4n) is 1.79. The Kier molecular flexibility index (Phi) is 4.37. The fraction of sp³-hybridized carbons (Fsp3) is 0.333. The Labute approximate surface area is 119 Å². The SMILES string of the molecule is CCCn1ncc(Br)c1C(O)c1ccncc1Cl. The quantitative estimate of drug-likeness (QED) is 0.936. The average molecular weight is 331 g/mol. The standard InChI is InChI=1S/C12H13BrClN3O/c1-2-5-17-11(9(13)6-16-17)12(18)8-3-4-15-7-10(8)14/h3-4,6-7,12,18H,2,5H2,1H3. The van der Waals surface area contributed by atoms with Gasteiger partial charge in [0.05, 0.1) is 21.4 Å². The number of pyridine rings is 1. The van der Waals surface area contributed by atoms with E-state index in [1.165, 1.54) is 6.20 Å². The summed E-state index contributed by atoms with van der Waals surface area (Å²) in [5.74, 6) is 0. The van der Waals surface area contributed by atoms with Crippen molar-refractivity contribution in [1.82, 2.24) is 14.8 Å². The molecule has 1 unspecified atom stereocenters. The predicted molar refractivity (Wildman–Crippen MR) is 73.5 cm³/mol. The average Bonchev–Trinajstić information content (AvgIpc) is 2.71. The molecule has 4 nitrogen and oxygen atoms in total. The summed E-state index contributed by atoms with van der Waals surface area (Å²) in [5.41, 5.74) is 1.34. The van der Waals surface area contributed by atoms with Gasteiger partial charge in [0.15, 0.2) is 0 Å². The number of aliphatic hydroxyl groups excluding tert-OH is 1. The molecule has 18 heavy (non-hydrogen) atoms. The van der Waals surface area contributed by atoms with Crippen LogP contribution >= 0.6 is 27.5 Å². The van der Waals surface area contributed by atoms with Gasteiger partial charge >= 0.3 is 0 Å². The maximum absolute atomic E-state index is 10.4. The monoisotopic (exact) mass is 329 g/mol. The number of nitrogens with zero attached hydrogens (tertiary/aromatic N) is 3. The Morgan fingerprint density at radius 1 is 1.50 bits per heavy atom. The molecule has 2 aromatic heterocycles. The van der Waals surface area contributed by atoms with Crippen LogP contribution in [0.1, 0.15) is 30.7 Å². The minimum absolute atomic E-state index is 0.446. The van der Waals surface area contributed by atoms with Gasteiger partial charge in [-0.25, -0.2) is 0 Å². The second-order valence-corrected chi connectivity index (χ2v) is 5.16. The largest absolute Gasteiger partial charge is 0.382 e. The molecule has 96 valence electrons. The second-order valence-electron chi connectivity index (χ2n) is 3.90. The van der Waals surface area contributed by atoms with Crippen molar-refractivity contribution in [2.75, 3.05) is 0 Å². The van der Waals surface area contributed by atoms with Crippen LogP contribution in [0.15, 0.2) is 29.1 Å². The van der Waals surface area contributed by atoms with Crippen LogP contribution in [0, 0.1) is 0 Å². The Morgan fingerprint density at radius 3 is 2.94 bits per heavy atom. The molecule has 0 bridgehead atoms. The molecule has 0 aliphatic rings. The summed E-state index contributed by atoms with van der Waals surface area (Å²) < 4.78 is 2.56. The molecule has 0 spiro atoms. The van der Waals surface area contributed by atoms with Crippen molar-refractivity contribution in [2.24, 2.45) is 0 Å². The Hall–Kier alpha value is -0.910. The van der Waals surface area contributed by atoms with Gasteiger partial charge < -0.3 is 5.11 Å². The van der Waals surface area contributed by atoms with Gasteiger partial charge in [0.2, 0.25) is 0 Å². The van der Waals surface area contributed by atoms with E-state index in [1.807, 2.05) is 0 Å². The molecule has 1 N–H and O–H groups in total. The lowest BCUT2D eigenvalue weighted by Gasteiger charge is -2.15. The van der Waals surface area contributed by atoms with E-state index >= 15 is 0 Å². The molecule has 0 amide bonds. The maximum Gasteiger partial charge on any atom is 0.123 e. The van der Waals surface area contributed by atoms with Gasteiger partial charge in [-0.15, -0.1) is 0 Å². The third-order valence-electron chi connectivity index (χ3n) is 2.63. The molecule has 0 saturated heterocycles. The van der Waals surface area contributed by atoms with Crippen molar-refractivity contribution in [3.05, 3.63) is 45.4 Å². The zero-order valence-corrected chi connectivity index (χ0v) is 12.2. The van der Waals surface area contributed by atoms with Crippen molar-refractivity contribution < 1.29 is 5.11 Å². The number of aromatic nitrogens is 3. The van der Waals surface area contributed by atoms with Crippen LogP contribution in [-0.2, 0) is 6.54 Å². The third kappa shape index (κ3) is 2.58. The van der Waals surface area contributed by atoms with E-state index in [9.17, 15) is 5.11 Å². The molecule has 0 radical (unpaired) electrons. The number of aliphatic hydroxyl groups is 1. The number of halogens is 2. The normalized spacial score (nSPS) is 12.7. The Morgan fingerprint density at radius 2 is 2.28 bits per heavy atom. The second kappa shape index (κ2) is 5.82. The zero-order chi connectivity index (χ0) is 13.1. The minimum Gasteiger partial charge on any atom is -0.382 e. The molecule has 6 heteroatoms. The highest BCUT2D eigenvalue weighted by Crippen LogP contribution is 2.31. The van der Waals surface area contributed by atoms with E-state index in [-0.39, 0.29) is 0 Å². The first-order valence-electron chi connectivity index (χ1n) is 5.63. The lowest BCUT2D eigenvalue weighted by Crippen LogP contribution is -2.11. The van der Waals surface area contributed by atoms with Crippen LogP contribution in [-0.4, -0.2) is 19.9 Å². The first kappa shape index (κ1) is 13.5. The topological polar surface area (TPSA) is 50.9 Å². The van der Waals surface area contributed by atoms with E-state index < -0.39 is 6.10 Å². The van der Waals surface area contributed by atoms with Crippen LogP contribution in [0.25, 0.3) is 0 Å². The van der Waals surface area contributed by atoms with Crippen LogP contribution < -0.4 is 0 Å². The number of hydrogen-bond acceptors (Lipinski definition) is 3. The number of aryl methyl sites for hydroxylation is 1. The summed E-state index contributed by atoms with van der Waals surface area (Å²) in [7, 11) is 0. The molecule has 2 aromatic rings. The van der Waals surface area contributed by atoms with E-state index in [0.29, 0.717) is 16.3 Å². The highest BCUT2D eigenvalue weighted by molar-refractivity contribution is 9.10. The molecule has 0 aromatic carbocycles. The van der Waals surface area contributed by atoms with Crippen molar-refractivity contribution in [1.29, 1.82) is 0 Å².